The minimum Gasteiger partial charge on any atom is -0.373 e. The van der Waals surface area contributed by atoms with Crippen LogP contribution >= 0.6 is 15.9 Å². The molecule has 0 amide bonds. The number of hydrogen-bond donors (Lipinski definition) is 1. The van der Waals surface area contributed by atoms with Crippen LogP contribution in [-0.2, 0) is 11.3 Å². The van der Waals surface area contributed by atoms with Gasteiger partial charge in [0.1, 0.15) is 4.47 Å². The fourth-order valence-electron chi connectivity index (χ4n) is 2.75. The molecule has 0 radical (unpaired) electrons. The highest BCUT2D eigenvalue weighted by atomic mass is 79.9. The number of nitrogens with zero attached hydrogens (tertiary/aromatic N) is 1. The van der Waals surface area contributed by atoms with Crippen molar-refractivity contribution in [2.75, 3.05) is 6.54 Å². The molecule has 0 aromatic heterocycles. The van der Waals surface area contributed by atoms with E-state index in [0.717, 1.165) is 37.8 Å². The number of nitro groups is 1. The van der Waals surface area contributed by atoms with Gasteiger partial charge >= 0.3 is 0 Å². The number of nitro benzene ring substituents is 1. The zero-order valence-corrected chi connectivity index (χ0v) is 13.8. The first-order valence-corrected chi connectivity index (χ1v) is 8.18. The molecular weight excluding hydrogens is 336 g/mol. The predicted octanol–water partition coefficient (Wildman–Crippen LogP) is 3.79. The van der Waals surface area contributed by atoms with Gasteiger partial charge in [0.25, 0.3) is 5.69 Å². The second-order valence-electron chi connectivity index (χ2n) is 5.35. The lowest BCUT2D eigenvalue weighted by Crippen LogP contribution is -2.35. The molecule has 1 N–H and O–H groups in total. The highest BCUT2D eigenvalue weighted by Gasteiger charge is 2.22. The lowest BCUT2D eigenvalue weighted by molar-refractivity contribution is -0.385. The van der Waals surface area contributed by atoms with Gasteiger partial charge in [0.2, 0.25) is 0 Å². The van der Waals surface area contributed by atoms with Crippen molar-refractivity contribution in [3.05, 3.63) is 38.3 Å². The van der Waals surface area contributed by atoms with Gasteiger partial charge in [0.05, 0.1) is 17.6 Å². The van der Waals surface area contributed by atoms with Gasteiger partial charge in [0.15, 0.2) is 0 Å². The molecule has 1 aliphatic rings. The highest BCUT2D eigenvalue weighted by Crippen LogP contribution is 2.30. The van der Waals surface area contributed by atoms with E-state index < -0.39 is 0 Å². The van der Waals surface area contributed by atoms with Gasteiger partial charge in [-0.3, -0.25) is 10.1 Å². The van der Waals surface area contributed by atoms with Crippen LogP contribution in [0.2, 0.25) is 0 Å². The Morgan fingerprint density at radius 3 is 2.71 bits per heavy atom. The summed E-state index contributed by atoms with van der Waals surface area (Å²) in [4.78, 5) is 10.5. The van der Waals surface area contributed by atoms with Crippen molar-refractivity contribution in [1.82, 2.24) is 5.32 Å². The molecular formula is C15H21BrN2O3. The van der Waals surface area contributed by atoms with Crippen LogP contribution in [0.1, 0.15) is 38.2 Å². The average molecular weight is 357 g/mol. The number of rotatable bonds is 6. The molecule has 5 nitrogen and oxygen atoms in total. The van der Waals surface area contributed by atoms with Crippen LogP contribution in [-0.4, -0.2) is 23.6 Å². The van der Waals surface area contributed by atoms with Crippen molar-refractivity contribution < 1.29 is 9.66 Å². The molecule has 2 rings (SSSR count). The molecule has 0 spiro atoms. The number of benzene rings is 1. The number of nitrogens with one attached hydrogen (secondary N) is 1. The minimum atomic E-state index is -0.380. The summed E-state index contributed by atoms with van der Waals surface area (Å²) in [5, 5.41) is 14.4. The smallest absolute Gasteiger partial charge is 0.283 e. The summed E-state index contributed by atoms with van der Waals surface area (Å²) < 4.78 is 6.46. The standard InChI is InChI=1S/C15H21BrN2O3/c1-2-17-12-6-8-13(9-7-12)21-10-11-4-3-5-14(15(11)16)18(19)20/h3-5,12-13,17H,2,6-10H2,1H3. The quantitative estimate of drug-likeness (QED) is 0.621. The summed E-state index contributed by atoms with van der Waals surface area (Å²) in [5.41, 5.74) is 0.921. The topological polar surface area (TPSA) is 64.4 Å². The van der Waals surface area contributed by atoms with Crippen LogP contribution in [0.15, 0.2) is 22.7 Å². The summed E-state index contributed by atoms with van der Waals surface area (Å²) in [6.07, 6.45) is 4.61. The molecule has 0 saturated heterocycles. The first-order chi connectivity index (χ1) is 10.1. The fraction of sp³-hybridized carbons (Fsp3) is 0.600. The highest BCUT2D eigenvalue weighted by molar-refractivity contribution is 9.10. The maximum Gasteiger partial charge on any atom is 0.283 e. The molecule has 21 heavy (non-hydrogen) atoms. The minimum absolute atomic E-state index is 0.0898. The molecule has 0 heterocycles. The van der Waals surface area contributed by atoms with E-state index in [1.54, 1.807) is 6.07 Å². The maximum absolute atomic E-state index is 10.9. The van der Waals surface area contributed by atoms with E-state index in [-0.39, 0.29) is 16.7 Å². The Kier molecular flexibility index (Phi) is 6.14. The molecule has 1 fully saturated rings. The van der Waals surface area contributed by atoms with E-state index in [2.05, 4.69) is 28.2 Å². The summed E-state index contributed by atoms with van der Waals surface area (Å²) >= 11 is 3.31. The first-order valence-electron chi connectivity index (χ1n) is 7.38. The van der Waals surface area contributed by atoms with Gasteiger partial charge < -0.3 is 10.1 Å². The van der Waals surface area contributed by atoms with E-state index in [1.807, 2.05) is 6.07 Å². The molecule has 1 saturated carbocycles. The van der Waals surface area contributed by atoms with Crippen LogP contribution in [0.3, 0.4) is 0 Å². The molecule has 1 aromatic carbocycles. The fourth-order valence-corrected chi connectivity index (χ4v) is 3.27. The molecule has 116 valence electrons. The van der Waals surface area contributed by atoms with Crippen molar-refractivity contribution in [2.24, 2.45) is 0 Å². The van der Waals surface area contributed by atoms with E-state index in [9.17, 15) is 10.1 Å². The first kappa shape index (κ1) is 16.4. The Hall–Kier alpha value is -0.980. The van der Waals surface area contributed by atoms with Crippen LogP contribution in [0.25, 0.3) is 0 Å². The third kappa shape index (κ3) is 4.49. The number of hydrogen-bond acceptors (Lipinski definition) is 4. The summed E-state index contributed by atoms with van der Waals surface area (Å²) in [7, 11) is 0. The molecule has 0 atom stereocenters. The Balaban J connectivity index is 1.87. The second kappa shape index (κ2) is 7.87. The van der Waals surface area contributed by atoms with Crippen molar-refractivity contribution in [1.29, 1.82) is 0 Å². The SMILES string of the molecule is CCNC1CCC(OCc2cccc([N+](=O)[O-])c2Br)CC1. The molecule has 1 aromatic rings. The third-order valence-corrected chi connectivity index (χ3v) is 4.81. The molecule has 0 aliphatic heterocycles. The third-order valence-electron chi connectivity index (χ3n) is 3.90. The van der Waals surface area contributed by atoms with Crippen LogP contribution in [0, 0.1) is 10.1 Å². The largest absolute Gasteiger partial charge is 0.373 e. The summed E-state index contributed by atoms with van der Waals surface area (Å²) in [6, 6.07) is 5.67. The van der Waals surface area contributed by atoms with E-state index in [1.165, 1.54) is 6.07 Å². The van der Waals surface area contributed by atoms with Gasteiger partial charge in [-0.2, -0.15) is 0 Å². The maximum atomic E-state index is 10.9. The number of halogens is 1. The van der Waals surface area contributed by atoms with Crippen molar-refractivity contribution in [2.45, 2.75) is 51.4 Å². The van der Waals surface area contributed by atoms with Gasteiger partial charge in [-0.05, 0) is 53.7 Å². The number of ether oxygens (including phenoxy) is 1. The van der Waals surface area contributed by atoms with Gasteiger partial charge in [-0.1, -0.05) is 19.1 Å². The lowest BCUT2D eigenvalue weighted by atomic mass is 9.93. The molecule has 0 bridgehead atoms. The lowest BCUT2D eigenvalue weighted by Gasteiger charge is -2.29. The Morgan fingerprint density at radius 1 is 1.38 bits per heavy atom. The van der Waals surface area contributed by atoms with Crippen LogP contribution in [0.4, 0.5) is 5.69 Å². The summed E-state index contributed by atoms with van der Waals surface area (Å²) in [5.74, 6) is 0. The monoisotopic (exact) mass is 356 g/mol. The average Bonchev–Trinajstić information content (AvgIpc) is 2.48. The van der Waals surface area contributed by atoms with Gasteiger partial charge in [0, 0.05) is 12.1 Å². The Morgan fingerprint density at radius 2 is 2.10 bits per heavy atom. The molecule has 1 aliphatic carbocycles. The predicted molar refractivity (Wildman–Crippen MR) is 85.3 cm³/mol. The normalized spacial score (nSPS) is 22.2. The molecule has 0 unspecified atom stereocenters. The van der Waals surface area contributed by atoms with E-state index in [4.69, 9.17) is 4.74 Å². The second-order valence-corrected chi connectivity index (χ2v) is 6.14. The summed E-state index contributed by atoms with van der Waals surface area (Å²) in [6.45, 7) is 3.55. The van der Waals surface area contributed by atoms with E-state index in [0.29, 0.717) is 17.1 Å². The van der Waals surface area contributed by atoms with Gasteiger partial charge in [-0.25, -0.2) is 0 Å². The van der Waals surface area contributed by atoms with E-state index >= 15 is 0 Å². The Labute approximate surface area is 133 Å². The Bertz CT molecular complexity index is 488. The van der Waals surface area contributed by atoms with Crippen molar-refractivity contribution in [3.8, 4) is 0 Å². The molecule has 6 heteroatoms. The zero-order valence-electron chi connectivity index (χ0n) is 12.2. The van der Waals surface area contributed by atoms with Crippen molar-refractivity contribution >= 4 is 21.6 Å². The van der Waals surface area contributed by atoms with Gasteiger partial charge in [-0.15, -0.1) is 0 Å². The zero-order chi connectivity index (χ0) is 15.2. The van der Waals surface area contributed by atoms with Crippen molar-refractivity contribution in [3.63, 3.8) is 0 Å². The van der Waals surface area contributed by atoms with Crippen LogP contribution < -0.4 is 5.32 Å². The van der Waals surface area contributed by atoms with Crippen LogP contribution in [0.5, 0.6) is 0 Å².